The summed E-state index contributed by atoms with van der Waals surface area (Å²) in [6, 6.07) is 14.0. The van der Waals surface area contributed by atoms with Gasteiger partial charge in [0.1, 0.15) is 18.2 Å². The van der Waals surface area contributed by atoms with Gasteiger partial charge in [-0.15, -0.1) is 0 Å². The van der Waals surface area contributed by atoms with Gasteiger partial charge in [0.25, 0.3) is 0 Å². The minimum Gasteiger partial charge on any atom is -0.492 e. The lowest BCUT2D eigenvalue weighted by atomic mass is 10.3. The molecule has 2 aromatic rings. The Hall–Kier alpha value is -1.55. The number of nitrogens with one attached hydrogen (secondary N) is 1. The zero-order valence-corrected chi connectivity index (χ0v) is 11.3. The van der Waals surface area contributed by atoms with Crippen molar-refractivity contribution in [2.45, 2.75) is 0 Å². The van der Waals surface area contributed by atoms with Gasteiger partial charge in [-0.05, 0) is 36.4 Å². The van der Waals surface area contributed by atoms with Gasteiger partial charge in [0.05, 0.1) is 0 Å². The normalized spacial score (nSPS) is 10.1. The Balaban J connectivity index is 1.76. The molecule has 0 aliphatic rings. The van der Waals surface area contributed by atoms with E-state index in [0.29, 0.717) is 13.2 Å². The predicted octanol–water partition coefficient (Wildman–Crippen LogP) is 4.08. The van der Waals surface area contributed by atoms with Crippen molar-refractivity contribution in [2.24, 2.45) is 0 Å². The molecule has 2 aromatic carbocycles. The van der Waals surface area contributed by atoms with Crippen LogP contribution in [0.1, 0.15) is 0 Å². The lowest BCUT2D eigenvalue weighted by Crippen LogP contribution is -2.11. The van der Waals surface area contributed by atoms with Crippen LogP contribution in [0.5, 0.6) is 5.75 Å². The molecule has 0 saturated heterocycles. The smallest absolute Gasteiger partial charge is 0.125 e. The van der Waals surface area contributed by atoms with Crippen LogP contribution in [0.15, 0.2) is 53.0 Å². The standard InChI is InChI=1S/C14H13BrFNO/c15-11-3-1-6-14(9-11)18-8-7-17-13-5-2-4-12(16)10-13/h1-6,9-10,17H,7-8H2. The van der Waals surface area contributed by atoms with Crippen molar-refractivity contribution in [3.05, 3.63) is 58.8 Å². The van der Waals surface area contributed by atoms with Gasteiger partial charge in [0, 0.05) is 16.7 Å². The summed E-state index contributed by atoms with van der Waals surface area (Å²) in [5, 5.41) is 3.09. The molecule has 1 N–H and O–H groups in total. The van der Waals surface area contributed by atoms with Crippen molar-refractivity contribution >= 4 is 21.6 Å². The lowest BCUT2D eigenvalue weighted by molar-refractivity contribution is 0.332. The molecule has 0 atom stereocenters. The van der Waals surface area contributed by atoms with E-state index in [2.05, 4.69) is 21.2 Å². The van der Waals surface area contributed by atoms with E-state index in [1.54, 1.807) is 6.07 Å². The summed E-state index contributed by atoms with van der Waals surface area (Å²) in [5.41, 5.74) is 0.757. The number of anilines is 1. The third-order valence-corrected chi connectivity index (χ3v) is 2.81. The second-order valence-electron chi connectivity index (χ2n) is 3.74. The molecule has 0 fully saturated rings. The summed E-state index contributed by atoms with van der Waals surface area (Å²) in [5.74, 6) is 0.568. The number of rotatable bonds is 5. The van der Waals surface area contributed by atoms with E-state index in [-0.39, 0.29) is 5.82 Å². The third-order valence-electron chi connectivity index (χ3n) is 2.32. The largest absolute Gasteiger partial charge is 0.492 e. The Bertz CT molecular complexity index is 471. The SMILES string of the molecule is Fc1cccc(NCCOc2cccc(Br)c2)c1. The van der Waals surface area contributed by atoms with Gasteiger partial charge in [-0.3, -0.25) is 0 Å². The summed E-state index contributed by atoms with van der Waals surface area (Å²) in [6.07, 6.45) is 0. The van der Waals surface area contributed by atoms with Crippen molar-refractivity contribution in [2.75, 3.05) is 18.5 Å². The zero-order chi connectivity index (χ0) is 12.8. The van der Waals surface area contributed by atoms with E-state index in [0.717, 1.165) is 15.9 Å². The Labute approximate surface area is 114 Å². The number of hydrogen-bond acceptors (Lipinski definition) is 2. The van der Waals surface area contributed by atoms with Gasteiger partial charge in [0.2, 0.25) is 0 Å². The van der Waals surface area contributed by atoms with E-state index >= 15 is 0 Å². The highest BCUT2D eigenvalue weighted by Crippen LogP contribution is 2.17. The molecule has 0 spiro atoms. The van der Waals surface area contributed by atoms with Gasteiger partial charge in [-0.25, -0.2) is 4.39 Å². The van der Waals surface area contributed by atoms with Crippen molar-refractivity contribution in [3.8, 4) is 5.75 Å². The van der Waals surface area contributed by atoms with Crippen LogP contribution in [0.3, 0.4) is 0 Å². The molecule has 2 rings (SSSR count). The first kappa shape index (κ1) is 12.9. The van der Waals surface area contributed by atoms with Crippen LogP contribution in [0.25, 0.3) is 0 Å². The molecule has 0 aliphatic carbocycles. The predicted molar refractivity (Wildman–Crippen MR) is 74.5 cm³/mol. The van der Waals surface area contributed by atoms with Gasteiger partial charge in [-0.2, -0.15) is 0 Å². The fourth-order valence-electron chi connectivity index (χ4n) is 1.52. The van der Waals surface area contributed by atoms with Crippen molar-refractivity contribution in [3.63, 3.8) is 0 Å². The van der Waals surface area contributed by atoms with Gasteiger partial charge >= 0.3 is 0 Å². The Morgan fingerprint density at radius 1 is 1.11 bits per heavy atom. The topological polar surface area (TPSA) is 21.3 Å². The minimum absolute atomic E-state index is 0.243. The van der Waals surface area contributed by atoms with Gasteiger partial charge in [-0.1, -0.05) is 28.1 Å². The molecule has 94 valence electrons. The van der Waals surface area contributed by atoms with Crippen molar-refractivity contribution in [1.82, 2.24) is 0 Å². The molecule has 0 heterocycles. The monoisotopic (exact) mass is 309 g/mol. The van der Waals surface area contributed by atoms with Gasteiger partial charge < -0.3 is 10.1 Å². The summed E-state index contributed by atoms with van der Waals surface area (Å²) in [6.45, 7) is 1.14. The maximum Gasteiger partial charge on any atom is 0.125 e. The number of benzene rings is 2. The molecule has 0 saturated carbocycles. The maximum absolute atomic E-state index is 12.9. The second kappa shape index (κ2) is 6.40. The first-order valence-electron chi connectivity index (χ1n) is 5.62. The van der Waals surface area contributed by atoms with Crippen LogP contribution in [-0.2, 0) is 0 Å². The molecule has 4 heteroatoms. The molecule has 0 aliphatic heterocycles. The Morgan fingerprint density at radius 2 is 1.94 bits per heavy atom. The maximum atomic E-state index is 12.9. The third kappa shape index (κ3) is 4.04. The molecule has 0 unspecified atom stereocenters. The number of ether oxygens (including phenoxy) is 1. The summed E-state index contributed by atoms with van der Waals surface area (Å²) >= 11 is 3.38. The molecule has 0 radical (unpaired) electrons. The fraction of sp³-hybridized carbons (Fsp3) is 0.143. The molecule has 0 aromatic heterocycles. The van der Waals surface area contributed by atoms with E-state index in [4.69, 9.17) is 4.74 Å². The molecule has 2 nitrogen and oxygen atoms in total. The van der Waals surface area contributed by atoms with E-state index in [9.17, 15) is 4.39 Å². The first-order chi connectivity index (χ1) is 8.74. The van der Waals surface area contributed by atoms with E-state index < -0.39 is 0 Å². The van der Waals surface area contributed by atoms with Crippen molar-refractivity contribution < 1.29 is 9.13 Å². The van der Waals surface area contributed by atoms with Crippen LogP contribution in [0, 0.1) is 5.82 Å². The summed E-state index contributed by atoms with van der Waals surface area (Å²) in [4.78, 5) is 0. The van der Waals surface area contributed by atoms with E-state index in [1.807, 2.05) is 30.3 Å². The molecular weight excluding hydrogens is 297 g/mol. The Kier molecular flexibility index (Phi) is 4.59. The van der Waals surface area contributed by atoms with Crippen LogP contribution < -0.4 is 10.1 Å². The summed E-state index contributed by atoms with van der Waals surface area (Å²) in [7, 11) is 0. The van der Waals surface area contributed by atoms with E-state index in [1.165, 1.54) is 12.1 Å². The average Bonchev–Trinajstić information content (AvgIpc) is 2.35. The first-order valence-corrected chi connectivity index (χ1v) is 6.41. The molecule has 18 heavy (non-hydrogen) atoms. The highest BCUT2D eigenvalue weighted by atomic mass is 79.9. The lowest BCUT2D eigenvalue weighted by Gasteiger charge is -2.08. The van der Waals surface area contributed by atoms with Crippen LogP contribution in [0.4, 0.5) is 10.1 Å². The Morgan fingerprint density at radius 3 is 2.72 bits per heavy atom. The fourth-order valence-corrected chi connectivity index (χ4v) is 1.90. The summed E-state index contributed by atoms with van der Waals surface area (Å²) < 4.78 is 19.4. The molecule has 0 amide bonds. The number of hydrogen-bond donors (Lipinski definition) is 1. The molecule has 0 bridgehead atoms. The van der Waals surface area contributed by atoms with Crippen LogP contribution in [-0.4, -0.2) is 13.2 Å². The number of halogens is 2. The van der Waals surface area contributed by atoms with Crippen LogP contribution in [0.2, 0.25) is 0 Å². The second-order valence-corrected chi connectivity index (χ2v) is 4.66. The minimum atomic E-state index is -0.243. The average molecular weight is 310 g/mol. The van der Waals surface area contributed by atoms with Gasteiger partial charge in [0.15, 0.2) is 0 Å². The highest BCUT2D eigenvalue weighted by molar-refractivity contribution is 9.10. The highest BCUT2D eigenvalue weighted by Gasteiger charge is 1.96. The quantitative estimate of drug-likeness (QED) is 0.840. The molecular formula is C14H13BrFNO. The van der Waals surface area contributed by atoms with Crippen molar-refractivity contribution in [1.29, 1.82) is 0 Å². The van der Waals surface area contributed by atoms with Crippen LogP contribution >= 0.6 is 15.9 Å². The zero-order valence-electron chi connectivity index (χ0n) is 9.70.